The highest BCUT2D eigenvalue weighted by molar-refractivity contribution is 6.31. The van der Waals surface area contributed by atoms with Crippen molar-refractivity contribution in [3.63, 3.8) is 0 Å². The number of rotatable bonds is 4. The Labute approximate surface area is 88.3 Å². The van der Waals surface area contributed by atoms with E-state index in [9.17, 15) is 4.39 Å². The fraction of sp³-hybridized carbons (Fsp3) is 0.455. The van der Waals surface area contributed by atoms with E-state index in [0.29, 0.717) is 5.69 Å². The van der Waals surface area contributed by atoms with Crippen molar-refractivity contribution in [1.29, 1.82) is 0 Å². The maximum atomic E-state index is 13.3. The molecule has 1 aromatic carbocycles. The molecule has 1 aliphatic carbocycles. The third-order valence-corrected chi connectivity index (χ3v) is 2.81. The molecule has 0 aromatic heterocycles. The average molecular weight is 214 g/mol. The maximum absolute atomic E-state index is 13.3. The Morgan fingerprint density at radius 3 is 2.93 bits per heavy atom. The fourth-order valence-electron chi connectivity index (χ4n) is 1.46. The lowest BCUT2D eigenvalue weighted by atomic mass is 10.2. The molecular formula is C11H13ClFN. The zero-order valence-corrected chi connectivity index (χ0v) is 8.65. The van der Waals surface area contributed by atoms with Crippen LogP contribution in [-0.2, 0) is 0 Å². The number of hydrogen-bond acceptors (Lipinski definition) is 1. The highest BCUT2D eigenvalue weighted by Gasteiger charge is 2.20. The Bertz CT molecular complexity index is 323. The van der Waals surface area contributed by atoms with E-state index in [1.807, 2.05) is 0 Å². The van der Waals surface area contributed by atoms with Gasteiger partial charge in [-0.15, -0.1) is 0 Å². The van der Waals surface area contributed by atoms with Gasteiger partial charge in [0, 0.05) is 6.54 Å². The van der Waals surface area contributed by atoms with E-state index >= 15 is 0 Å². The van der Waals surface area contributed by atoms with E-state index in [0.717, 1.165) is 18.9 Å². The summed E-state index contributed by atoms with van der Waals surface area (Å²) in [4.78, 5) is 0. The summed E-state index contributed by atoms with van der Waals surface area (Å²) in [6.07, 6.45) is 3.80. The van der Waals surface area contributed by atoms with Gasteiger partial charge in [-0.2, -0.15) is 0 Å². The van der Waals surface area contributed by atoms with Gasteiger partial charge >= 0.3 is 0 Å². The van der Waals surface area contributed by atoms with E-state index in [2.05, 4.69) is 5.32 Å². The standard InChI is InChI=1S/C11H13ClFN/c12-9-2-1-3-10(11(9)13)14-7-6-8-4-5-8/h1-3,8,14H,4-7H2. The molecule has 3 heteroatoms. The first kappa shape index (κ1) is 9.78. The second kappa shape index (κ2) is 4.18. The third kappa shape index (κ3) is 2.38. The summed E-state index contributed by atoms with van der Waals surface area (Å²) in [6.45, 7) is 0.835. The summed E-state index contributed by atoms with van der Waals surface area (Å²) in [7, 11) is 0. The van der Waals surface area contributed by atoms with Crippen molar-refractivity contribution in [3.8, 4) is 0 Å². The Morgan fingerprint density at radius 1 is 1.43 bits per heavy atom. The molecule has 1 aromatic rings. The molecule has 0 spiro atoms. The first-order valence-corrected chi connectivity index (χ1v) is 5.33. The van der Waals surface area contributed by atoms with Crippen LogP contribution in [0.15, 0.2) is 18.2 Å². The van der Waals surface area contributed by atoms with Crippen LogP contribution in [0.2, 0.25) is 5.02 Å². The van der Waals surface area contributed by atoms with Gasteiger partial charge in [-0.3, -0.25) is 0 Å². The maximum Gasteiger partial charge on any atom is 0.164 e. The van der Waals surface area contributed by atoms with Crippen LogP contribution >= 0.6 is 11.6 Å². The predicted molar refractivity (Wildman–Crippen MR) is 57.2 cm³/mol. The van der Waals surface area contributed by atoms with Crippen molar-refractivity contribution in [2.75, 3.05) is 11.9 Å². The zero-order valence-electron chi connectivity index (χ0n) is 7.89. The summed E-state index contributed by atoms with van der Waals surface area (Å²) in [5, 5.41) is 3.25. The number of nitrogens with one attached hydrogen (secondary N) is 1. The molecule has 1 nitrogen and oxygen atoms in total. The van der Waals surface area contributed by atoms with Crippen LogP contribution in [0.25, 0.3) is 0 Å². The molecule has 2 rings (SSSR count). The summed E-state index contributed by atoms with van der Waals surface area (Å²) in [5.41, 5.74) is 0.512. The lowest BCUT2D eigenvalue weighted by Gasteiger charge is -2.07. The van der Waals surface area contributed by atoms with Crippen LogP contribution in [0.3, 0.4) is 0 Å². The van der Waals surface area contributed by atoms with Crippen molar-refractivity contribution in [2.24, 2.45) is 5.92 Å². The quantitative estimate of drug-likeness (QED) is 0.805. The Hall–Kier alpha value is -0.760. The molecule has 14 heavy (non-hydrogen) atoms. The largest absolute Gasteiger partial charge is 0.383 e. The minimum absolute atomic E-state index is 0.182. The van der Waals surface area contributed by atoms with Crippen LogP contribution in [0, 0.1) is 11.7 Å². The Morgan fingerprint density at radius 2 is 2.21 bits per heavy atom. The Balaban J connectivity index is 1.90. The molecule has 0 radical (unpaired) electrons. The minimum atomic E-state index is -0.343. The van der Waals surface area contributed by atoms with Gasteiger partial charge < -0.3 is 5.32 Å². The van der Waals surface area contributed by atoms with Crippen LogP contribution in [0.1, 0.15) is 19.3 Å². The third-order valence-electron chi connectivity index (χ3n) is 2.52. The van der Waals surface area contributed by atoms with Gasteiger partial charge in [0.2, 0.25) is 0 Å². The first-order chi connectivity index (χ1) is 6.77. The van der Waals surface area contributed by atoms with E-state index in [-0.39, 0.29) is 10.8 Å². The molecule has 0 saturated heterocycles. The fourth-order valence-corrected chi connectivity index (χ4v) is 1.63. The predicted octanol–water partition coefficient (Wildman–Crippen LogP) is 3.69. The lowest BCUT2D eigenvalue weighted by molar-refractivity contribution is 0.629. The van der Waals surface area contributed by atoms with E-state index in [4.69, 9.17) is 11.6 Å². The molecule has 1 aliphatic rings. The molecule has 0 aliphatic heterocycles. The molecule has 1 saturated carbocycles. The molecule has 0 atom stereocenters. The van der Waals surface area contributed by atoms with Crippen LogP contribution in [0.5, 0.6) is 0 Å². The lowest BCUT2D eigenvalue weighted by Crippen LogP contribution is -2.04. The van der Waals surface area contributed by atoms with Gasteiger partial charge in [0.15, 0.2) is 5.82 Å². The van der Waals surface area contributed by atoms with Gasteiger partial charge in [0.1, 0.15) is 0 Å². The van der Waals surface area contributed by atoms with E-state index < -0.39 is 0 Å². The highest BCUT2D eigenvalue weighted by atomic mass is 35.5. The highest BCUT2D eigenvalue weighted by Crippen LogP contribution is 2.32. The van der Waals surface area contributed by atoms with E-state index in [1.54, 1.807) is 18.2 Å². The van der Waals surface area contributed by atoms with Crippen molar-refractivity contribution >= 4 is 17.3 Å². The summed E-state index contributed by atoms with van der Waals surface area (Å²) < 4.78 is 13.3. The van der Waals surface area contributed by atoms with Gasteiger partial charge in [0.05, 0.1) is 10.7 Å². The Kier molecular flexibility index (Phi) is 2.92. The summed E-state index contributed by atoms with van der Waals surface area (Å²) in [6, 6.07) is 5.03. The van der Waals surface area contributed by atoms with Gasteiger partial charge in [-0.25, -0.2) is 4.39 Å². The molecular weight excluding hydrogens is 201 g/mol. The SMILES string of the molecule is Fc1c(Cl)cccc1NCCC1CC1. The van der Waals surface area contributed by atoms with E-state index in [1.165, 1.54) is 12.8 Å². The number of anilines is 1. The second-order valence-corrected chi connectivity index (χ2v) is 4.17. The van der Waals surface area contributed by atoms with Crippen LogP contribution in [-0.4, -0.2) is 6.54 Å². The molecule has 1 fully saturated rings. The normalized spacial score (nSPS) is 15.6. The number of halogens is 2. The van der Waals surface area contributed by atoms with Crippen LogP contribution < -0.4 is 5.32 Å². The molecule has 0 amide bonds. The first-order valence-electron chi connectivity index (χ1n) is 4.95. The monoisotopic (exact) mass is 213 g/mol. The molecule has 0 bridgehead atoms. The van der Waals surface area contributed by atoms with Crippen LogP contribution in [0.4, 0.5) is 10.1 Å². The topological polar surface area (TPSA) is 12.0 Å². The second-order valence-electron chi connectivity index (χ2n) is 3.76. The summed E-state index contributed by atoms with van der Waals surface area (Å²) >= 11 is 5.65. The summed E-state index contributed by atoms with van der Waals surface area (Å²) in [5.74, 6) is 0.523. The average Bonchev–Trinajstić information content (AvgIpc) is 2.96. The van der Waals surface area contributed by atoms with Gasteiger partial charge in [-0.05, 0) is 24.5 Å². The van der Waals surface area contributed by atoms with Crippen molar-refractivity contribution in [3.05, 3.63) is 29.0 Å². The molecule has 1 N–H and O–H groups in total. The van der Waals surface area contributed by atoms with Crippen molar-refractivity contribution in [1.82, 2.24) is 0 Å². The molecule has 76 valence electrons. The van der Waals surface area contributed by atoms with Crippen molar-refractivity contribution < 1.29 is 4.39 Å². The number of benzene rings is 1. The number of hydrogen-bond donors (Lipinski definition) is 1. The minimum Gasteiger partial charge on any atom is -0.383 e. The molecule has 0 unspecified atom stereocenters. The van der Waals surface area contributed by atoms with Gasteiger partial charge in [0.25, 0.3) is 0 Å². The molecule has 0 heterocycles. The van der Waals surface area contributed by atoms with Crippen molar-refractivity contribution in [2.45, 2.75) is 19.3 Å². The zero-order chi connectivity index (χ0) is 9.97. The van der Waals surface area contributed by atoms with Gasteiger partial charge in [-0.1, -0.05) is 30.5 Å². The smallest absolute Gasteiger partial charge is 0.164 e.